The molecule has 1 nitrogen and oxygen atoms in total. The number of aromatic nitrogens is 1. The smallest absolute Gasteiger partial charge is 0.0988 e. The monoisotopic (exact) mass is 309 g/mol. The van der Waals surface area contributed by atoms with Crippen LogP contribution in [0.4, 0.5) is 0 Å². The molecule has 1 aromatic carbocycles. The maximum Gasteiger partial charge on any atom is 0.0988 e. The van der Waals surface area contributed by atoms with Crippen molar-refractivity contribution in [2.45, 2.75) is 33.1 Å². The molecular weight excluding hydrogens is 294 g/mol. The van der Waals surface area contributed by atoms with Crippen molar-refractivity contribution in [1.29, 1.82) is 0 Å². The lowest BCUT2D eigenvalue weighted by molar-refractivity contribution is 0.586. The first kappa shape index (κ1) is 12.8. The second kappa shape index (κ2) is 4.54. The molecule has 0 atom stereocenters. The first-order valence-electron chi connectivity index (χ1n) is 5.62. The van der Waals surface area contributed by atoms with Crippen LogP contribution >= 0.6 is 27.3 Å². The zero-order chi connectivity index (χ0) is 12.6. The molecule has 0 saturated carbocycles. The van der Waals surface area contributed by atoms with Crippen LogP contribution in [0.5, 0.6) is 0 Å². The molecule has 0 aliphatic carbocycles. The third kappa shape index (κ3) is 2.61. The largest absolute Gasteiger partial charge is 0.240 e. The average molecular weight is 310 g/mol. The summed E-state index contributed by atoms with van der Waals surface area (Å²) in [6.07, 6.45) is 0. The Morgan fingerprint density at radius 1 is 1.18 bits per heavy atom. The number of thiazole rings is 1. The highest BCUT2D eigenvalue weighted by Gasteiger charge is 2.21. The number of hydrogen-bond donors (Lipinski definition) is 0. The molecule has 0 bridgehead atoms. The normalized spacial score (nSPS) is 11.8. The fraction of sp³-hybridized carbons (Fsp3) is 0.357. The molecule has 3 heteroatoms. The van der Waals surface area contributed by atoms with E-state index in [1.54, 1.807) is 11.3 Å². The molecule has 0 fully saturated rings. The van der Waals surface area contributed by atoms with Crippen LogP contribution in [0.3, 0.4) is 0 Å². The highest BCUT2D eigenvalue weighted by Crippen LogP contribution is 2.36. The van der Waals surface area contributed by atoms with Crippen molar-refractivity contribution >= 4 is 27.3 Å². The first-order valence-corrected chi connectivity index (χ1v) is 7.23. The standard InChI is InChI=1S/C14H16BrNS/c1-9-12(10-7-5-6-8-11(10)15)16-13(17-9)14(2,3)4/h5-8H,1-4H3. The molecule has 1 aromatic heterocycles. The summed E-state index contributed by atoms with van der Waals surface area (Å²) in [5.41, 5.74) is 2.40. The van der Waals surface area contributed by atoms with Gasteiger partial charge in [-0.1, -0.05) is 54.9 Å². The third-order valence-electron chi connectivity index (χ3n) is 2.57. The molecule has 0 radical (unpaired) electrons. The maximum atomic E-state index is 4.80. The molecule has 0 amide bonds. The van der Waals surface area contributed by atoms with Crippen molar-refractivity contribution in [3.8, 4) is 11.3 Å². The highest BCUT2D eigenvalue weighted by molar-refractivity contribution is 9.10. The molecule has 0 spiro atoms. The van der Waals surface area contributed by atoms with E-state index in [4.69, 9.17) is 4.98 Å². The molecule has 1 heterocycles. The molecule has 0 unspecified atom stereocenters. The van der Waals surface area contributed by atoms with Gasteiger partial charge in [-0.25, -0.2) is 4.98 Å². The minimum Gasteiger partial charge on any atom is -0.240 e. The summed E-state index contributed by atoms with van der Waals surface area (Å²) in [5.74, 6) is 0. The number of rotatable bonds is 1. The van der Waals surface area contributed by atoms with Gasteiger partial charge >= 0.3 is 0 Å². The summed E-state index contributed by atoms with van der Waals surface area (Å²) in [4.78, 5) is 6.08. The predicted molar refractivity (Wildman–Crippen MR) is 78.7 cm³/mol. The van der Waals surface area contributed by atoms with Crippen LogP contribution in [-0.2, 0) is 5.41 Å². The Labute approximate surface area is 115 Å². The van der Waals surface area contributed by atoms with Crippen LogP contribution < -0.4 is 0 Å². The molecule has 90 valence electrons. The first-order chi connectivity index (χ1) is 7.89. The van der Waals surface area contributed by atoms with Crippen molar-refractivity contribution in [1.82, 2.24) is 4.98 Å². The van der Waals surface area contributed by atoms with E-state index in [0.29, 0.717) is 0 Å². The summed E-state index contributed by atoms with van der Waals surface area (Å²) < 4.78 is 1.11. The van der Waals surface area contributed by atoms with Crippen molar-refractivity contribution in [3.63, 3.8) is 0 Å². The number of aryl methyl sites for hydroxylation is 1. The summed E-state index contributed by atoms with van der Waals surface area (Å²) in [7, 11) is 0. The molecular formula is C14H16BrNS. The van der Waals surface area contributed by atoms with Crippen LogP contribution in [-0.4, -0.2) is 4.98 Å². The van der Waals surface area contributed by atoms with Crippen LogP contribution in [0.2, 0.25) is 0 Å². The average Bonchev–Trinajstić information content (AvgIpc) is 2.61. The fourth-order valence-electron chi connectivity index (χ4n) is 1.62. The summed E-state index contributed by atoms with van der Waals surface area (Å²) in [5, 5.41) is 1.20. The Morgan fingerprint density at radius 2 is 1.82 bits per heavy atom. The van der Waals surface area contributed by atoms with Gasteiger partial charge in [0, 0.05) is 20.3 Å². The van der Waals surface area contributed by atoms with Gasteiger partial charge in [0.05, 0.1) is 10.7 Å². The number of nitrogens with zero attached hydrogens (tertiary/aromatic N) is 1. The van der Waals surface area contributed by atoms with Crippen LogP contribution in [0, 0.1) is 6.92 Å². The minimum absolute atomic E-state index is 0.120. The quantitative estimate of drug-likeness (QED) is 0.707. The van der Waals surface area contributed by atoms with Crippen molar-refractivity contribution < 1.29 is 0 Å². The van der Waals surface area contributed by atoms with E-state index in [1.165, 1.54) is 15.4 Å². The molecule has 2 aromatic rings. The second-order valence-electron chi connectivity index (χ2n) is 5.15. The van der Waals surface area contributed by atoms with Crippen molar-refractivity contribution in [2.75, 3.05) is 0 Å². The van der Waals surface area contributed by atoms with Gasteiger partial charge in [-0.3, -0.25) is 0 Å². The zero-order valence-electron chi connectivity index (χ0n) is 10.5. The van der Waals surface area contributed by atoms with Crippen LogP contribution in [0.25, 0.3) is 11.3 Å². The lowest BCUT2D eigenvalue weighted by atomic mass is 9.98. The Bertz CT molecular complexity index is 537. The zero-order valence-corrected chi connectivity index (χ0v) is 12.9. The van der Waals surface area contributed by atoms with Gasteiger partial charge in [-0.2, -0.15) is 0 Å². The predicted octanol–water partition coefficient (Wildman–Crippen LogP) is 5.18. The van der Waals surface area contributed by atoms with E-state index in [9.17, 15) is 0 Å². The summed E-state index contributed by atoms with van der Waals surface area (Å²) >= 11 is 5.38. The van der Waals surface area contributed by atoms with Gasteiger partial charge in [0.25, 0.3) is 0 Å². The third-order valence-corrected chi connectivity index (χ3v) is 4.66. The van der Waals surface area contributed by atoms with Crippen molar-refractivity contribution in [3.05, 3.63) is 38.6 Å². The Kier molecular flexibility index (Phi) is 3.41. The Morgan fingerprint density at radius 3 is 2.35 bits per heavy atom. The lowest BCUT2D eigenvalue weighted by Crippen LogP contribution is -2.10. The van der Waals surface area contributed by atoms with Gasteiger partial charge in [0.2, 0.25) is 0 Å². The van der Waals surface area contributed by atoms with E-state index < -0.39 is 0 Å². The van der Waals surface area contributed by atoms with Crippen LogP contribution in [0.1, 0.15) is 30.7 Å². The molecule has 0 aliphatic rings. The minimum atomic E-state index is 0.120. The van der Waals surface area contributed by atoms with Crippen molar-refractivity contribution in [2.24, 2.45) is 0 Å². The van der Waals surface area contributed by atoms with E-state index in [1.807, 2.05) is 6.07 Å². The van der Waals surface area contributed by atoms with Gasteiger partial charge in [0.15, 0.2) is 0 Å². The highest BCUT2D eigenvalue weighted by atomic mass is 79.9. The Hall–Kier alpha value is -0.670. The van der Waals surface area contributed by atoms with Gasteiger partial charge in [-0.05, 0) is 13.0 Å². The van der Waals surface area contributed by atoms with Gasteiger partial charge < -0.3 is 0 Å². The van der Waals surface area contributed by atoms with Gasteiger partial charge in [-0.15, -0.1) is 11.3 Å². The molecule has 2 rings (SSSR count). The van der Waals surface area contributed by atoms with Crippen LogP contribution in [0.15, 0.2) is 28.7 Å². The van der Waals surface area contributed by atoms with E-state index in [-0.39, 0.29) is 5.41 Å². The Balaban J connectivity index is 2.55. The number of hydrogen-bond acceptors (Lipinski definition) is 2. The SMILES string of the molecule is Cc1sc(C(C)(C)C)nc1-c1ccccc1Br. The second-order valence-corrected chi connectivity index (χ2v) is 7.21. The van der Waals surface area contributed by atoms with E-state index in [0.717, 1.165) is 10.2 Å². The van der Waals surface area contributed by atoms with E-state index >= 15 is 0 Å². The molecule has 17 heavy (non-hydrogen) atoms. The fourth-order valence-corrected chi connectivity index (χ4v) is 3.08. The summed E-state index contributed by atoms with van der Waals surface area (Å²) in [6, 6.07) is 8.25. The van der Waals surface area contributed by atoms with Gasteiger partial charge in [0.1, 0.15) is 0 Å². The molecule has 0 saturated heterocycles. The van der Waals surface area contributed by atoms with E-state index in [2.05, 4.69) is 61.8 Å². The summed E-state index contributed by atoms with van der Waals surface area (Å²) in [6.45, 7) is 8.75. The molecule has 0 aliphatic heterocycles. The number of benzene rings is 1. The topological polar surface area (TPSA) is 12.9 Å². The lowest BCUT2D eigenvalue weighted by Gasteiger charge is -2.13. The number of halogens is 1. The molecule has 0 N–H and O–H groups in total. The maximum absolute atomic E-state index is 4.80.